The van der Waals surface area contributed by atoms with Crippen molar-refractivity contribution in [3.63, 3.8) is 0 Å². The van der Waals surface area contributed by atoms with Gasteiger partial charge in [-0.1, -0.05) is 41.9 Å². The van der Waals surface area contributed by atoms with E-state index in [2.05, 4.69) is 20.7 Å². The van der Waals surface area contributed by atoms with Crippen LogP contribution >= 0.6 is 27.5 Å². The zero-order valence-electron chi connectivity index (χ0n) is 11.4. The highest BCUT2D eigenvalue weighted by Crippen LogP contribution is 2.25. The van der Waals surface area contributed by atoms with E-state index in [1.54, 1.807) is 6.07 Å². The van der Waals surface area contributed by atoms with Gasteiger partial charge in [0.25, 0.3) is 0 Å². The minimum Gasteiger partial charge on any atom is -0.208 e. The van der Waals surface area contributed by atoms with Gasteiger partial charge in [0.15, 0.2) is 0 Å². The van der Waals surface area contributed by atoms with Gasteiger partial charge < -0.3 is 0 Å². The Bertz CT molecular complexity index is 720. The summed E-state index contributed by atoms with van der Waals surface area (Å²) in [6, 6.07) is 14.1. The Balaban J connectivity index is 2.11. The van der Waals surface area contributed by atoms with Crippen LogP contribution in [0, 0.1) is 0 Å². The fourth-order valence-corrected chi connectivity index (χ4v) is 3.90. The molecular formula is C15H15BrClNO2S. The fourth-order valence-electron chi connectivity index (χ4n) is 1.99. The van der Waals surface area contributed by atoms with Crippen LogP contribution in [0.1, 0.15) is 12.5 Å². The maximum atomic E-state index is 12.3. The number of nitrogens with one attached hydrogen (secondary N) is 1. The van der Waals surface area contributed by atoms with E-state index < -0.39 is 10.0 Å². The third-order valence-corrected chi connectivity index (χ3v) is 5.74. The summed E-state index contributed by atoms with van der Waals surface area (Å²) in [5.41, 5.74) is 1.09. The van der Waals surface area contributed by atoms with Gasteiger partial charge in [0.05, 0.1) is 9.92 Å². The number of hydrogen-bond donors (Lipinski definition) is 1. The van der Waals surface area contributed by atoms with E-state index in [9.17, 15) is 8.42 Å². The minimum atomic E-state index is -3.56. The van der Waals surface area contributed by atoms with Crippen molar-refractivity contribution in [1.82, 2.24) is 4.72 Å². The Morgan fingerprint density at radius 1 is 1.19 bits per heavy atom. The molecule has 0 saturated carbocycles. The molecule has 3 nitrogen and oxygen atoms in total. The molecule has 1 atom stereocenters. The van der Waals surface area contributed by atoms with Gasteiger partial charge in [-0.3, -0.25) is 0 Å². The summed E-state index contributed by atoms with van der Waals surface area (Å²) in [5, 5.41) is 0.478. The number of benzene rings is 2. The Labute approximate surface area is 138 Å². The van der Waals surface area contributed by atoms with Gasteiger partial charge in [0.2, 0.25) is 10.0 Å². The molecule has 0 heterocycles. The smallest absolute Gasteiger partial charge is 0.208 e. The quantitative estimate of drug-likeness (QED) is 0.841. The molecule has 0 saturated heterocycles. The molecule has 0 bridgehead atoms. The van der Waals surface area contributed by atoms with Gasteiger partial charge in [-0.05, 0) is 53.0 Å². The number of halogens is 2. The van der Waals surface area contributed by atoms with Gasteiger partial charge in [-0.15, -0.1) is 0 Å². The van der Waals surface area contributed by atoms with Crippen molar-refractivity contribution < 1.29 is 8.42 Å². The van der Waals surface area contributed by atoms with Gasteiger partial charge >= 0.3 is 0 Å². The molecule has 2 aromatic rings. The number of sulfonamides is 1. The average Bonchev–Trinajstić information content (AvgIpc) is 2.42. The second kappa shape index (κ2) is 6.92. The Kier molecular flexibility index (Phi) is 5.43. The molecule has 0 fully saturated rings. The molecule has 21 heavy (non-hydrogen) atoms. The first-order valence-electron chi connectivity index (χ1n) is 6.40. The van der Waals surface area contributed by atoms with Crippen LogP contribution in [-0.2, 0) is 16.4 Å². The molecule has 0 radical (unpaired) electrons. The normalized spacial score (nSPS) is 13.1. The second-order valence-electron chi connectivity index (χ2n) is 4.79. The zero-order chi connectivity index (χ0) is 15.5. The van der Waals surface area contributed by atoms with E-state index in [1.807, 2.05) is 37.3 Å². The van der Waals surface area contributed by atoms with Crippen molar-refractivity contribution >= 4 is 37.6 Å². The Morgan fingerprint density at radius 2 is 1.86 bits per heavy atom. The highest BCUT2D eigenvalue weighted by Gasteiger charge is 2.18. The first-order chi connectivity index (χ1) is 9.88. The lowest BCUT2D eigenvalue weighted by molar-refractivity contribution is 0.560. The van der Waals surface area contributed by atoms with Crippen LogP contribution in [-0.4, -0.2) is 14.5 Å². The lowest BCUT2D eigenvalue weighted by Crippen LogP contribution is -2.34. The van der Waals surface area contributed by atoms with Crippen molar-refractivity contribution in [2.24, 2.45) is 0 Å². The third kappa shape index (κ3) is 4.54. The van der Waals surface area contributed by atoms with E-state index in [0.29, 0.717) is 15.9 Å². The van der Waals surface area contributed by atoms with Crippen molar-refractivity contribution in [2.75, 3.05) is 0 Å². The topological polar surface area (TPSA) is 46.2 Å². The molecule has 0 aliphatic rings. The first-order valence-corrected chi connectivity index (χ1v) is 9.05. The summed E-state index contributed by atoms with van der Waals surface area (Å²) in [7, 11) is -3.56. The molecule has 112 valence electrons. The summed E-state index contributed by atoms with van der Waals surface area (Å²) < 4.78 is 27.9. The van der Waals surface area contributed by atoms with E-state index in [0.717, 1.165) is 5.56 Å². The molecule has 2 rings (SSSR count). The van der Waals surface area contributed by atoms with Gasteiger partial charge in [-0.25, -0.2) is 13.1 Å². The SMILES string of the molecule is CC(Cc1ccccc1)NS(=O)(=O)c1ccc(Cl)c(Br)c1. The minimum absolute atomic E-state index is 0.193. The largest absolute Gasteiger partial charge is 0.240 e. The van der Waals surface area contributed by atoms with Gasteiger partial charge in [0, 0.05) is 10.5 Å². The molecular weight excluding hydrogens is 374 g/mol. The first kappa shape index (κ1) is 16.5. The summed E-state index contributed by atoms with van der Waals surface area (Å²) in [5.74, 6) is 0. The molecule has 0 aliphatic carbocycles. The zero-order valence-corrected chi connectivity index (χ0v) is 14.5. The molecule has 2 aromatic carbocycles. The van der Waals surface area contributed by atoms with E-state index in [4.69, 9.17) is 11.6 Å². The van der Waals surface area contributed by atoms with Crippen LogP contribution in [0.2, 0.25) is 5.02 Å². The van der Waals surface area contributed by atoms with Crippen molar-refractivity contribution in [1.29, 1.82) is 0 Å². The average molecular weight is 389 g/mol. The van der Waals surface area contributed by atoms with Crippen molar-refractivity contribution in [3.8, 4) is 0 Å². The van der Waals surface area contributed by atoms with Crippen LogP contribution in [0.5, 0.6) is 0 Å². The molecule has 0 aromatic heterocycles. The summed E-state index contributed by atoms with van der Waals surface area (Å²) in [4.78, 5) is 0.193. The van der Waals surface area contributed by atoms with Crippen molar-refractivity contribution in [2.45, 2.75) is 24.3 Å². The van der Waals surface area contributed by atoms with Crippen LogP contribution in [0.15, 0.2) is 57.9 Å². The maximum Gasteiger partial charge on any atom is 0.240 e. The summed E-state index contributed by atoms with van der Waals surface area (Å²) >= 11 is 9.12. The predicted octanol–water partition coefficient (Wildman–Crippen LogP) is 4.01. The molecule has 1 N–H and O–H groups in total. The number of hydrogen-bond acceptors (Lipinski definition) is 2. The van der Waals surface area contributed by atoms with E-state index >= 15 is 0 Å². The standard InChI is InChI=1S/C15H15BrClNO2S/c1-11(9-12-5-3-2-4-6-12)18-21(19,20)13-7-8-15(17)14(16)10-13/h2-8,10-11,18H,9H2,1H3. The maximum absolute atomic E-state index is 12.3. The van der Waals surface area contributed by atoms with E-state index in [1.165, 1.54) is 12.1 Å². The molecule has 1 unspecified atom stereocenters. The lowest BCUT2D eigenvalue weighted by atomic mass is 10.1. The molecule has 6 heteroatoms. The van der Waals surface area contributed by atoms with Crippen LogP contribution in [0.25, 0.3) is 0 Å². The number of rotatable bonds is 5. The Hall–Kier alpha value is -0.880. The lowest BCUT2D eigenvalue weighted by Gasteiger charge is -2.14. The van der Waals surface area contributed by atoms with Gasteiger partial charge in [-0.2, -0.15) is 0 Å². The monoisotopic (exact) mass is 387 g/mol. The third-order valence-electron chi connectivity index (χ3n) is 2.94. The van der Waals surface area contributed by atoms with Crippen LogP contribution < -0.4 is 4.72 Å². The van der Waals surface area contributed by atoms with E-state index in [-0.39, 0.29) is 10.9 Å². The fraction of sp³-hybridized carbons (Fsp3) is 0.200. The highest BCUT2D eigenvalue weighted by atomic mass is 79.9. The highest BCUT2D eigenvalue weighted by molar-refractivity contribution is 9.10. The van der Waals surface area contributed by atoms with Gasteiger partial charge in [0.1, 0.15) is 0 Å². The second-order valence-corrected chi connectivity index (χ2v) is 7.76. The van der Waals surface area contributed by atoms with Crippen LogP contribution in [0.4, 0.5) is 0 Å². The van der Waals surface area contributed by atoms with Crippen molar-refractivity contribution in [3.05, 3.63) is 63.6 Å². The molecule has 0 amide bonds. The summed E-state index contributed by atoms with van der Waals surface area (Å²) in [6.45, 7) is 1.84. The van der Waals surface area contributed by atoms with Crippen LogP contribution in [0.3, 0.4) is 0 Å². The summed E-state index contributed by atoms with van der Waals surface area (Å²) in [6.07, 6.45) is 0.634. The predicted molar refractivity (Wildman–Crippen MR) is 89.1 cm³/mol. The molecule has 0 spiro atoms. The Morgan fingerprint density at radius 3 is 2.48 bits per heavy atom. The molecule has 0 aliphatic heterocycles.